The summed E-state index contributed by atoms with van der Waals surface area (Å²) in [4.78, 5) is 16.6. The molecule has 0 unspecified atom stereocenters. The molecule has 1 atom stereocenters. The number of nitrogens with one attached hydrogen (secondary N) is 1. The van der Waals surface area contributed by atoms with E-state index in [4.69, 9.17) is 8.94 Å². The average molecular weight is 347 g/mol. The minimum atomic E-state index is -0.411. The number of para-hydroxylation sites is 1. The number of hydrogen-bond acceptors (Lipinski definition) is 5. The van der Waals surface area contributed by atoms with Gasteiger partial charge in [0.2, 0.25) is 5.91 Å². The Morgan fingerprint density at radius 3 is 2.69 bits per heavy atom. The number of fused-ring (bicyclic) bond motifs is 1. The minimum absolute atomic E-state index is 0.138. The molecule has 3 aromatic heterocycles. The van der Waals surface area contributed by atoms with Gasteiger partial charge in [-0.2, -0.15) is 0 Å². The van der Waals surface area contributed by atoms with Gasteiger partial charge in [0.1, 0.15) is 23.1 Å². The molecule has 4 rings (SSSR count). The molecule has 0 aliphatic carbocycles. The SMILES string of the molecule is Cc1cc(CC(=O)N[C@@H](c2ccncc2)c2cc3ccccc3o2)no1. The number of furan rings is 1. The summed E-state index contributed by atoms with van der Waals surface area (Å²) < 4.78 is 11.0. The lowest BCUT2D eigenvalue weighted by atomic mass is 10.1. The molecule has 1 N–H and O–H groups in total. The summed E-state index contributed by atoms with van der Waals surface area (Å²) in [5, 5.41) is 7.89. The van der Waals surface area contributed by atoms with E-state index in [1.54, 1.807) is 25.4 Å². The predicted octanol–water partition coefficient (Wildman–Crippen LogP) is 3.57. The number of aryl methyl sites for hydroxylation is 1. The lowest BCUT2D eigenvalue weighted by Crippen LogP contribution is -2.30. The van der Waals surface area contributed by atoms with Crippen LogP contribution in [0.1, 0.15) is 28.8 Å². The number of rotatable bonds is 5. The van der Waals surface area contributed by atoms with Crippen LogP contribution in [-0.2, 0) is 11.2 Å². The van der Waals surface area contributed by atoms with Gasteiger partial charge in [0.25, 0.3) is 0 Å². The minimum Gasteiger partial charge on any atom is -0.459 e. The van der Waals surface area contributed by atoms with Crippen molar-refractivity contribution in [3.8, 4) is 0 Å². The summed E-state index contributed by atoms with van der Waals surface area (Å²) in [5.41, 5.74) is 2.27. The van der Waals surface area contributed by atoms with E-state index >= 15 is 0 Å². The van der Waals surface area contributed by atoms with Gasteiger partial charge in [-0.25, -0.2) is 0 Å². The fourth-order valence-electron chi connectivity index (χ4n) is 2.90. The first-order valence-electron chi connectivity index (χ1n) is 8.29. The number of pyridine rings is 1. The van der Waals surface area contributed by atoms with Crippen LogP contribution >= 0.6 is 0 Å². The van der Waals surface area contributed by atoms with Gasteiger partial charge < -0.3 is 14.3 Å². The van der Waals surface area contributed by atoms with Crippen molar-refractivity contribution in [3.63, 3.8) is 0 Å². The molecule has 0 aliphatic heterocycles. The highest BCUT2D eigenvalue weighted by Crippen LogP contribution is 2.28. The first kappa shape index (κ1) is 16.1. The molecular weight excluding hydrogens is 330 g/mol. The zero-order valence-corrected chi connectivity index (χ0v) is 14.2. The maximum atomic E-state index is 12.5. The largest absolute Gasteiger partial charge is 0.459 e. The van der Waals surface area contributed by atoms with Crippen LogP contribution in [0.15, 0.2) is 69.9 Å². The normalized spacial score (nSPS) is 12.2. The second kappa shape index (κ2) is 6.84. The first-order chi connectivity index (χ1) is 12.7. The van der Waals surface area contributed by atoms with Gasteiger partial charge in [-0.1, -0.05) is 23.4 Å². The zero-order valence-electron chi connectivity index (χ0n) is 14.2. The highest BCUT2D eigenvalue weighted by atomic mass is 16.5. The predicted molar refractivity (Wildman–Crippen MR) is 95.4 cm³/mol. The Balaban J connectivity index is 1.63. The second-order valence-corrected chi connectivity index (χ2v) is 6.07. The van der Waals surface area contributed by atoms with Crippen molar-refractivity contribution in [2.75, 3.05) is 0 Å². The molecule has 26 heavy (non-hydrogen) atoms. The number of amides is 1. The summed E-state index contributed by atoms with van der Waals surface area (Å²) in [6.45, 7) is 1.79. The van der Waals surface area contributed by atoms with E-state index < -0.39 is 6.04 Å². The number of benzene rings is 1. The van der Waals surface area contributed by atoms with E-state index in [2.05, 4.69) is 15.5 Å². The third-order valence-electron chi connectivity index (χ3n) is 4.09. The summed E-state index contributed by atoms with van der Waals surface area (Å²) in [5.74, 6) is 1.18. The maximum Gasteiger partial charge on any atom is 0.227 e. The molecule has 0 spiro atoms. The standard InChI is InChI=1S/C20H17N3O3/c1-13-10-16(23-26-13)12-19(24)22-20(14-6-8-21-9-7-14)18-11-15-4-2-3-5-17(15)25-18/h2-11,20H,12H2,1H3,(H,22,24)/t20-/m0/s1. The van der Waals surface area contributed by atoms with E-state index in [0.717, 1.165) is 16.5 Å². The molecule has 1 aromatic carbocycles. The molecule has 6 nitrogen and oxygen atoms in total. The Labute approximate surface area is 149 Å². The van der Waals surface area contributed by atoms with Crippen LogP contribution in [0.4, 0.5) is 0 Å². The number of aromatic nitrogens is 2. The van der Waals surface area contributed by atoms with Crippen molar-refractivity contribution in [2.45, 2.75) is 19.4 Å². The van der Waals surface area contributed by atoms with Gasteiger partial charge in [-0.05, 0) is 36.8 Å². The molecule has 0 saturated heterocycles. The average Bonchev–Trinajstić information content (AvgIpc) is 3.26. The molecule has 0 fully saturated rings. The Morgan fingerprint density at radius 1 is 1.15 bits per heavy atom. The third kappa shape index (κ3) is 3.35. The quantitative estimate of drug-likeness (QED) is 0.597. The summed E-state index contributed by atoms with van der Waals surface area (Å²) in [6, 6.07) is 14.8. The topological polar surface area (TPSA) is 81.2 Å². The van der Waals surface area contributed by atoms with Crippen molar-refractivity contribution in [2.24, 2.45) is 0 Å². The molecule has 3 heterocycles. The van der Waals surface area contributed by atoms with Crippen LogP contribution in [0.25, 0.3) is 11.0 Å². The van der Waals surface area contributed by atoms with Crippen LogP contribution in [0, 0.1) is 6.92 Å². The first-order valence-corrected chi connectivity index (χ1v) is 8.29. The van der Waals surface area contributed by atoms with Crippen molar-refractivity contribution < 1.29 is 13.7 Å². The van der Waals surface area contributed by atoms with E-state index in [-0.39, 0.29) is 12.3 Å². The molecule has 0 saturated carbocycles. The molecule has 0 radical (unpaired) electrons. The van der Waals surface area contributed by atoms with Crippen molar-refractivity contribution in [1.82, 2.24) is 15.5 Å². The van der Waals surface area contributed by atoms with Gasteiger partial charge in [0.05, 0.1) is 12.1 Å². The van der Waals surface area contributed by atoms with Crippen LogP contribution in [0.3, 0.4) is 0 Å². The lowest BCUT2D eigenvalue weighted by molar-refractivity contribution is -0.121. The van der Waals surface area contributed by atoms with Crippen LogP contribution < -0.4 is 5.32 Å². The summed E-state index contributed by atoms with van der Waals surface area (Å²) >= 11 is 0. The fraction of sp³-hybridized carbons (Fsp3) is 0.150. The Hall–Kier alpha value is -3.41. The van der Waals surface area contributed by atoms with Crippen molar-refractivity contribution >= 4 is 16.9 Å². The Kier molecular flexibility index (Phi) is 4.23. The molecule has 0 bridgehead atoms. The van der Waals surface area contributed by atoms with Crippen LogP contribution in [0.5, 0.6) is 0 Å². The van der Waals surface area contributed by atoms with Crippen LogP contribution in [-0.4, -0.2) is 16.0 Å². The fourth-order valence-corrected chi connectivity index (χ4v) is 2.90. The number of carbonyl (C=O) groups is 1. The molecular formula is C20H17N3O3. The summed E-state index contributed by atoms with van der Waals surface area (Å²) in [7, 11) is 0. The molecule has 4 aromatic rings. The van der Waals surface area contributed by atoms with Gasteiger partial charge >= 0.3 is 0 Å². The highest BCUT2D eigenvalue weighted by molar-refractivity contribution is 5.80. The van der Waals surface area contributed by atoms with Crippen molar-refractivity contribution in [1.29, 1.82) is 0 Å². The van der Waals surface area contributed by atoms with Crippen LogP contribution in [0.2, 0.25) is 0 Å². The van der Waals surface area contributed by atoms with Gasteiger partial charge in [0, 0.05) is 23.8 Å². The Morgan fingerprint density at radius 2 is 1.96 bits per heavy atom. The summed E-state index contributed by atoms with van der Waals surface area (Å²) in [6.07, 6.45) is 3.52. The monoisotopic (exact) mass is 347 g/mol. The number of nitrogens with zero attached hydrogens (tertiary/aromatic N) is 2. The highest BCUT2D eigenvalue weighted by Gasteiger charge is 2.21. The second-order valence-electron chi connectivity index (χ2n) is 6.07. The third-order valence-corrected chi connectivity index (χ3v) is 4.09. The smallest absolute Gasteiger partial charge is 0.227 e. The number of hydrogen-bond donors (Lipinski definition) is 1. The molecule has 6 heteroatoms. The van der Waals surface area contributed by atoms with Gasteiger partial charge in [-0.3, -0.25) is 9.78 Å². The molecule has 1 amide bonds. The molecule has 0 aliphatic rings. The van der Waals surface area contributed by atoms with E-state index in [0.29, 0.717) is 17.2 Å². The van der Waals surface area contributed by atoms with E-state index in [1.165, 1.54) is 0 Å². The Bertz CT molecular complexity index is 1000. The number of carbonyl (C=O) groups excluding carboxylic acids is 1. The maximum absolute atomic E-state index is 12.5. The van der Waals surface area contributed by atoms with Gasteiger partial charge in [-0.15, -0.1) is 0 Å². The lowest BCUT2D eigenvalue weighted by Gasteiger charge is -2.16. The van der Waals surface area contributed by atoms with E-state index in [1.807, 2.05) is 42.5 Å². The van der Waals surface area contributed by atoms with Crippen molar-refractivity contribution in [3.05, 3.63) is 83.7 Å². The molecule has 130 valence electrons. The van der Waals surface area contributed by atoms with E-state index in [9.17, 15) is 4.79 Å². The zero-order chi connectivity index (χ0) is 17.9. The van der Waals surface area contributed by atoms with Gasteiger partial charge in [0.15, 0.2) is 0 Å².